The van der Waals surface area contributed by atoms with Crippen molar-refractivity contribution in [2.24, 2.45) is 0 Å². The van der Waals surface area contributed by atoms with Crippen LogP contribution in [0.3, 0.4) is 0 Å². The maximum atomic E-state index is 12.2. The van der Waals surface area contributed by atoms with Crippen molar-refractivity contribution in [2.75, 3.05) is 6.61 Å². The summed E-state index contributed by atoms with van der Waals surface area (Å²) in [6, 6.07) is 10.6. The average molecular weight is 395 g/mol. The number of ether oxygens (including phenoxy) is 2. The smallest absolute Gasteiger partial charge is 0.283 e. The van der Waals surface area contributed by atoms with E-state index in [0.29, 0.717) is 23.2 Å². The van der Waals surface area contributed by atoms with Crippen molar-refractivity contribution in [1.29, 1.82) is 0 Å². The monoisotopic (exact) mass is 395 g/mol. The van der Waals surface area contributed by atoms with Crippen LogP contribution in [0, 0.1) is 0 Å². The summed E-state index contributed by atoms with van der Waals surface area (Å²) in [7, 11) is 0. The Balaban J connectivity index is 1.23. The standard InChI is InChI=1S/C19H17N5O5/c25-16(7-8-17-21-18(24-29-17)12-4-3-9-20-10-12)22-23-19(26)15-11-27-13-5-1-2-6-14(13)28-15/h1-6,9-10,15H,7-8,11H2,(H,22,25)(H,23,26). The second-order valence-electron chi connectivity index (χ2n) is 6.16. The highest BCUT2D eigenvalue weighted by molar-refractivity contribution is 5.85. The molecule has 29 heavy (non-hydrogen) atoms. The molecule has 0 radical (unpaired) electrons. The summed E-state index contributed by atoms with van der Waals surface area (Å²) in [5.41, 5.74) is 5.39. The Labute approximate surface area is 165 Å². The van der Waals surface area contributed by atoms with Gasteiger partial charge in [0.2, 0.25) is 23.7 Å². The number of nitrogens with zero attached hydrogens (tertiary/aromatic N) is 3. The largest absolute Gasteiger partial charge is 0.485 e. The van der Waals surface area contributed by atoms with Crippen molar-refractivity contribution in [3.05, 3.63) is 54.7 Å². The van der Waals surface area contributed by atoms with Crippen LogP contribution in [0.5, 0.6) is 11.5 Å². The number of aromatic nitrogens is 3. The summed E-state index contributed by atoms with van der Waals surface area (Å²) in [6.45, 7) is 0.0534. The maximum absolute atomic E-state index is 12.2. The average Bonchev–Trinajstić information content (AvgIpc) is 3.25. The van der Waals surface area contributed by atoms with Crippen LogP contribution in [0.4, 0.5) is 0 Å². The van der Waals surface area contributed by atoms with Crippen LogP contribution in [0.1, 0.15) is 12.3 Å². The number of para-hydroxylation sites is 2. The Bertz CT molecular complexity index is 1010. The minimum Gasteiger partial charge on any atom is -0.485 e. The molecule has 3 aromatic rings. The van der Waals surface area contributed by atoms with Crippen LogP contribution in [-0.4, -0.2) is 39.6 Å². The Kier molecular flexibility index (Phi) is 5.32. The third kappa shape index (κ3) is 4.49. The lowest BCUT2D eigenvalue weighted by Gasteiger charge is -2.25. The fourth-order valence-corrected chi connectivity index (χ4v) is 2.61. The zero-order valence-corrected chi connectivity index (χ0v) is 15.2. The van der Waals surface area contributed by atoms with Gasteiger partial charge in [-0.15, -0.1) is 0 Å². The molecule has 10 nitrogen and oxygen atoms in total. The molecule has 1 unspecified atom stereocenters. The summed E-state index contributed by atoms with van der Waals surface area (Å²) in [5.74, 6) is 0.848. The van der Waals surface area contributed by atoms with Crippen molar-refractivity contribution in [3.63, 3.8) is 0 Å². The Hall–Kier alpha value is -3.95. The molecule has 0 aliphatic carbocycles. The number of benzene rings is 1. The third-order valence-electron chi connectivity index (χ3n) is 4.08. The number of hydrazine groups is 1. The molecule has 0 bridgehead atoms. The molecular formula is C19H17N5O5. The molecule has 3 heterocycles. The van der Waals surface area contributed by atoms with Gasteiger partial charge in [-0.2, -0.15) is 4.98 Å². The predicted octanol–water partition coefficient (Wildman–Crippen LogP) is 1.05. The van der Waals surface area contributed by atoms with E-state index in [0.717, 1.165) is 5.56 Å². The molecule has 0 fully saturated rings. The van der Waals surface area contributed by atoms with Crippen LogP contribution < -0.4 is 20.3 Å². The van der Waals surface area contributed by atoms with Gasteiger partial charge in [-0.3, -0.25) is 25.4 Å². The summed E-state index contributed by atoms with van der Waals surface area (Å²) in [4.78, 5) is 32.4. The normalized spacial score (nSPS) is 14.8. The Morgan fingerprint density at radius 2 is 1.97 bits per heavy atom. The van der Waals surface area contributed by atoms with Gasteiger partial charge in [0.1, 0.15) is 6.61 Å². The van der Waals surface area contributed by atoms with E-state index in [1.54, 1.807) is 42.7 Å². The molecule has 0 saturated carbocycles. The summed E-state index contributed by atoms with van der Waals surface area (Å²) in [5, 5.41) is 3.86. The molecule has 0 saturated heterocycles. The van der Waals surface area contributed by atoms with Crippen LogP contribution in [0.25, 0.3) is 11.4 Å². The number of pyridine rings is 1. The number of carbonyl (C=O) groups is 2. The Morgan fingerprint density at radius 3 is 2.79 bits per heavy atom. The number of hydrogen-bond donors (Lipinski definition) is 2. The van der Waals surface area contributed by atoms with Gasteiger partial charge in [-0.05, 0) is 24.3 Å². The number of hydrogen-bond acceptors (Lipinski definition) is 8. The van der Waals surface area contributed by atoms with E-state index in [-0.39, 0.29) is 19.4 Å². The van der Waals surface area contributed by atoms with Gasteiger partial charge in [0, 0.05) is 30.8 Å². The number of nitrogens with one attached hydrogen (secondary N) is 2. The summed E-state index contributed by atoms with van der Waals surface area (Å²) >= 11 is 0. The van der Waals surface area contributed by atoms with Gasteiger partial charge in [0.25, 0.3) is 5.91 Å². The minimum atomic E-state index is -0.858. The second-order valence-corrected chi connectivity index (χ2v) is 6.16. The van der Waals surface area contributed by atoms with E-state index >= 15 is 0 Å². The fourth-order valence-electron chi connectivity index (χ4n) is 2.61. The summed E-state index contributed by atoms with van der Waals surface area (Å²) in [6.07, 6.45) is 2.69. The zero-order valence-electron chi connectivity index (χ0n) is 15.2. The molecule has 148 valence electrons. The molecule has 4 rings (SSSR count). The number of amides is 2. The first-order chi connectivity index (χ1) is 14.2. The third-order valence-corrected chi connectivity index (χ3v) is 4.08. The number of rotatable bonds is 5. The SMILES string of the molecule is O=C(CCc1nc(-c2cccnc2)no1)NNC(=O)C1COc2ccccc2O1. The highest BCUT2D eigenvalue weighted by Crippen LogP contribution is 2.30. The van der Waals surface area contributed by atoms with E-state index in [1.807, 2.05) is 6.07 Å². The molecule has 1 aromatic carbocycles. The molecule has 0 spiro atoms. The van der Waals surface area contributed by atoms with E-state index in [9.17, 15) is 9.59 Å². The molecule has 1 aliphatic heterocycles. The lowest BCUT2D eigenvalue weighted by atomic mass is 10.2. The van der Waals surface area contributed by atoms with Gasteiger partial charge in [0.05, 0.1) is 0 Å². The van der Waals surface area contributed by atoms with Crippen LogP contribution >= 0.6 is 0 Å². The zero-order chi connectivity index (χ0) is 20.1. The Morgan fingerprint density at radius 1 is 1.10 bits per heavy atom. The highest BCUT2D eigenvalue weighted by Gasteiger charge is 2.27. The topological polar surface area (TPSA) is 128 Å². The lowest BCUT2D eigenvalue weighted by molar-refractivity contribution is -0.135. The second kappa shape index (κ2) is 8.38. The van der Waals surface area contributed by atoms with Gasteiger partial charge in [-0.25, -0.2) is 0 Å². The molecule has 2 N–H and O–H groups in total. The van der Waals surface area contributed by atoms with Gasteiger partial charge in [0.15, 0.2) is 11.5 Å². The van der Waals surface area contributed by atoms with Crippen molar-refractivity contribution in [1.82, 2.24) is 26.0 Å². The number of fused-ring (bicyclic) bond motifs is 1. The van der Waals surface area contributed by atoms with Crippen LogP contribution in [0.15, 0.2) is 53.3 Å². The maximum Gasteiger partial charge on any atom is 0.283 e. The molecule has 10 heteroatoms. The molecule has 1 aliphatic rings. The molecule has 2 aromatic heterocycles. The first kappa shape index (κ1) is 18.4. The van der Waals surface area contributed by atoms with Gasteiger partial charge < -0.3 is 14.0 Å². The molecule has 2 amide bonds. The first-order valence-electron chi connectivity index (χ1n) is 8.89. The minimum absolute atomic E-state index is 0.0534. The number of aryl methyl sites for hydroxylation is 1. The quantitative estimate of drug-likeness (QED) is 0.614. The van der Waals surface area contributed by atoms with Crippen molar-refractivity contribution in [3.8, 4) is 22.9 Å². The molecular weight excluding hydrogens is 378 g/mol. The van der Waals surface area contributed by atoms with Crippen LogP contribution in [-0.2, 0) is 16.0 Å². The number of carbonyl (C=O) groups excluding carboxylic acids is 2. The van der Waals surface area contributed by atoms with E-state index in [4.69, 9.17) is 14.0 Å². The predicted molar refractivity (Wildman–Crippen MR) is 98.5 cm³/mol. The van der Waals surface area contributed by atoms with E-state index in [1.165, 1.54) is 0 Å². The van der Waals surface area contributed by atoms with Gasteiger partial charge >= 0.3 is 0 Å². The van der Waals surface area contributed by atoms with Gasteiger partial charge in [-0.1, -0.05) is 17.3 Å². The van der Waals surface area contributed by atoms with E-state index in [2.05, 4.69) is 26.0 Å². The van der Waals surface area contributed by atoms with E-state index < -0.39 is 17.9 Å². The molecule has 1 atom stereocenters. The lowest BCUT2D eigenvalue weighted by Crippen LogP contribution is -2.50. The first-order valence-corrected chi connectivity index (χ1v) is 8.89. The van der Waals surface area contributed by atoms with Crippen molar-refractivity contribution < 1.29 is 23.6 Å². The summed E-state index contributed by atoms with van der Waals surface area (Å²) < 4.78 is 16.2. The van der Waals surface area contributed by atoms with Crippen LogP contribution in [0.2, 0.25) is 0 Å². The highest BCUT2D eigenvalue weighted by atomic mass is 16.6. The van der Waals surface area contributed by atoms with Crippen molar-refractivity contribution >= 4 is 11.8 Å². The fraction of sp³-hybridized carbons (Fsp3) is 0.211. The van der Waals surface area contributed by atoms with Crippen molar-refractivity contribution in [2.45, 2.75) is 18.9 Å².